The number of nitrogens with zero attached hydrogens (tertiary/aromatic N) is 2. The molecule has 2 heterocycles. The topological polar surface area (TPSA) is 48.9 Å². The molecule has 0 bridgehead atoms. The Bertz CT molecular complexity index is 345. The van der Waals surface area contributed by atoms with Crippen LogP contribution in [0.3, 0.4) is 0 Å². The summed E-state index contributed by atoms with van der Waals surface area (Å²) >= 11 is 0. The molecular weight excluding hydrogens is 391 g/mol. The summed E-state index contributed by atoms with van der Waals surface area (Å²) in [4.78, 5) is 6.89. The Hall–Kier alpha value is -0.0800. The lowest BCUT2D eigenvalue weighted by Gasteiger charge is -2.25. The van der Waals surface area contributed by atoms with Crippen molar-refractivity contribution in [1.82, 2.24) is 15.5 Å². The highest BCUT2D eigenvalue weighted by atomic mass is 127. The quantitative estimate of drug-likeness (QED) is 0.390. The molecule has 5 nitrogen and oxygen atoms in total. The molecule has 130 valence electrons. The zero-order valence-corrected chi connectivity index (χ0v) is 16.7. The fourth-order valence-corrected chi connectivity index (χ4v) is 3.31. The maximum absolute atomic E-state index is 5.80. The van der Waals surface area contributed by atoms with Gasteiger partial charge in [-0.05, 0) is 51.6 Å². The van der Waals surface area contributed by atoms with Gasteiger partial charge >= 0.3 is 0 Å². The normalized spacial score (nSPS) is 29.4. The average Bonchev–Trinajstić information content (AvgIpc) is 3.09. The van der Waals surface area contributed by atoms with Gasteiger partial charge in [0.05, 0.1) is 5.60 Å². The Morgan fingerprint density at radius 2 is 2.23 bits per heavy atom. The van der Waals surface area contributed by atoms with E-state index in [-0.39, 0.29) is 29.6 Å². The maximum Gasteiger partial charge on any atom is 0.191 e. The van der Waals surface area contributed by atoms with Gasteiger partial charge in [0.25, 0.3) is 0 Å². The third kappa shape index (κ3) is 6.20. The van der Waals surface area contributed by atoms with Crippen LogP contribution in [0.25, 0.3) is 0 Å². The van der Waals surface area contributed by atoms with Crippen LogP contribution in [0, 0.1) is 5.92 Å². The first-order valence-corrected chi connectivity index (χ1v) is 8.46. The van der Waals surface area contributed by atoms with Crippen molar-refractivity contribution in [1.29, 1.82) is 0 Å². The first-order chi connectivity index (χ1) is 10.1. The highest BCUT2D eigenvalue weighted by Crippen LogP contribution is 2.23. The molecule has 6 heteroatoms. The minimum Gasteiger partial charge on any atom is -0.373 e. The van der Waals surface area contributed by atoms with Gasteiger partial charge in [0, 0.05) is 33.3 Å². The summed E-state index contributed by atoms with van der Waals surface area (Å²) in [6.45, 7) is 10.9. The van der Waals surface area contributed by atoms with Gasteiger partial charge in [-0.3, -0.25) is 4.99 Å². The number of hydrogen-bond acceptors (Lipinski definition) is 3. The maximum atomic E-state index is 5.80. The van der Waals surface area contributed by atoms with E-state index in [2.05, 4.69) is 34.4 Å². The molecule has 2 aliphatic heterocycles. The van der Waals surface area contributed by atoms with E-state index in [1.165, 1.54) is 38.9 Å². The zero-order chi connectivity index (χ0) is 15.1. The standard InChI is InChI=1S/C16H32N4O.HI/c1-4-8-20-9-6-14(12-20)11-18-15(17-3)19-13-16(2)7-5-10-21-16;/h14H,4-13H2,1-3H3,(H2,17,18,19);1H. The van der Waals surface area contributed by atoms with Gasteiger partial charge in [-0.1, -0.05) is 6.92 Å². The van der Waals surface area contributed by atoms with Crippen LogP contribution in [0.5, 0.6) is 0 Å². The lowest BCUT2D eigenvalue weighted by atomic mass is 10.0. The highest BCUT2D eigenvalue weighted by molar-refractivity contribution is 14.0. The highest BCUT2D eigenvalue weighted by Gasteiger charge is 2.29. The summed E-state index contributed by atoms with van der Waals surface area (Å²) in [7, 11) is 1.84. The second-order valence-electron chi connectivity index (χ2n) is 6.66. The van der Waals surface area contributed by atoms with Crippen molar-refractivity contribution in [3.05, 3.63) is 0 Å². The lowest BCUT2D eigenvalue weighted by molar-refractivity contribution is 0.0243. The number of nitrogens with one attached hydrogen (secondary N) is 2. The summed E-state index contributed by atoms with van der Waals surface area (Å²) in [5.41, 5.74) is -0.0249. The van der Waals surface area contributed by atoms with Gasteiger partial charge in [-0.2, -0.15) is 0 Å². The van der Waals surface area contributed by atoms with Gasteiger partial charge in [0.2, 0.25) is 0 Å². The lowest BCUT2D eigenvalue weighted by Crippen LogP contribution is -2.46. The summed E-state index contributed by atoms with van der Waals surface area (Å²) in [6, 6.07) is 0. The van der Waals surface area contributed by atoms with Crippen molar-refractivity contribution < 1.29 is 4.74 Å². The van der Waals surface area contributed by atoms with Crippen LogP contribution in [0.4, 0.5) is 0 Å². The van der Waals surface area contributed by atoms with Crippen LogP contribution in [-0.4, -0.2) is 62.8 Å². The molecule has 0 aliphatic carbocycles. The van der Waals surface area contributed by atoms with E-state index in [9.17, 15) is 0 Å². The van der Waals surface area contributed by atoms with E-state index in [0.29, 0.717) is 0 Å². The number of hydrogen-bond donors (Lipinski definition) is 2. The second kappa shape index (κ2) is 9.93. The number of halogens is 1. The molecule has 2 aliphatic rings. The molecule has 0 aromatic heterocycles. The smallest absolute Gasteiger partial charge is 0.191 e. The Kier molecular flexibility index (Phi) is 9.01. The summed E-state index contributed by atoms with van der Waals surface area (Å²) in [6.07, 6.45) is 4.85. The van der Waals surface area contributed by atoms with Crippen molar-refractivity contribution in [2.24, 2.45) is 10.9 Å². The summed E-state index contributed by atoms with van der Waals surface area (Å²) in [5, 5.41) is 6.88. The van der Waals surface area contributed by atoms with Gasteiger partial charge < -0.3 is 20.3 Å². The van der Waals surface area contributed by atoms with Gasteiger partial charge in [-0.25, -0.2) is 0 Å². The molecule has 0 aromatic carbocycles. The van der Waals surface area contributed by atoms with Crippen molar-refractivity contribution in [2.75, 3.05) is 46.4 Å². The summed E-state index contributed by atoms with van der Waals surface area (Å²) < 4.78 is 5.80. The SMILES string of the molecule is CCCN1CCC(CNC(=NC)NCC2(C)CCCO2)C1.I. The van der Waals surface area contributed by atoms with Crippen molar-refractivity contribution in [3.63, 3.8) is 0 Å². The first kappa shape index (κ1) is 20.0. The molecule has 2 saturated heterocycles. The van der Waals surface area contributed by atoms with Crippen LogP contribution in [0.1, 0.15) is 39.5 Å². The Morgan fingerprint density at radius 1 is 1.41 bits per heavy atom. The molecule has 0 spiro atoms. The minimum absolute atomic E-state index is 0. The number of aliphatic imine (C=N–C) groups is 1. The van der Waals surface area contributed by atoms with Gasteiger partial charge in [0.1, 0.15) is 0 Å². The molecule has 2 rings (SSSR count). The van der Waals surface area contributed by atoms with E-state index in [4.69, 9.17) is 4.74 Å². The zero-order valence-electron chi connectivity index (χ0n) is 14.4. The van der Waals surface area contributed by atoms with Gasteiger partial charge in [0.15, 0.2) is 5.96 Å². The third-order valence-corrected chi connectivity index (χ3v) is 4.62. The molecule has 0 aromatic rings. The second-order valence-corrected chi connectivity index (χ2v) is 6.66. The van der Waals surface area contributed by atoms with Crippen molar-refractivity contribution >= 4 is 29.9 Å². The predicted molar refractivity (Wildman–Crippen MR) is 103 cm³/mol. The molecule has 0 radical (unpaired) electrons. The third-order valence-electron chi connectivity index (χ3n) is 4.62. The molecule has 2 fully saturated rings. The van der Waals surface area contributed by atoms with E-state index in [1.54, 1.807) is 0 Å². The molecular formula is C16H33IN4O. The van der Waals surface area contributed by atoms with Crippen molar-refractivity contribution in [2.45, 2.75) is 45.1 Å². The van der Waals surface area contributed by atoms with Crippen LogP contribution in [-0.2, 0) is 4.74 Å². The number of ether oxygens (including phenoxy) is 1. The minimum atomic E-state index is -0.0249. The fourth-order valence-electron chi connectivity index (χ4n) is 3.31. The molecule has 2 N–H and O–H groups in total. The predicted octanol–water partition coefficient (Wildman–Crippen LogP) is 2.07. The monoisotopic (exact) mass is 424 g/mol. The molecule has 22 heavy (non-hydrogen) atoms. The van der Waals surface area contributed by atoms with Crippen LogP contribution in [0.15, 0.2) is 4.99 Å². The fraction of sp³-hybridized carbons (Fsp3) is 0.938. The number of guanidine groups is 1. The van der Waals surface area contributed by atoms with E-state index >= 15 is 0 Å². The van der Waals surface area contributed by atoms with Crippen LogP contribution >= 0.6 is 24.0 Å². The van der Waals surface area contributed by atoms with E-state index in [0.717, 1.165) is 38.0 Å². The largest absolute Gasteiger partial charge is 0.373 e. The molecule has 0 saturated carbocycles. The van der Waals surface area contributed by atoms with Crippen LogP contribution < -0.4 is 10.6 Å². The van der Waals surface area contributed by atoms with E-state index < -0.39 is 0 Å². The summed E-state index contributed by atoms with van der Waals surface area (Å²) in [5.74, 6) is 1.65. The first-order valence-electron chi connectivity index (χ1n) is 8.46. The molecule has 2 unspecified atom stereocenters. The van der Waals surface area contributed by atoms with Gasteiger partial charge in [-0.15, -0.1) is 24.0 Å². The Morgan fingerprint density at radius 3 is 2.86 bits per heavy atom. The van der Waals surface area contributed by atoms with Crippen molar-refractivity contribution in [3.8, 4) is 0 Å². The Balaban J connectivity index is 0.00000242. The van der Waals surface area contributed by atoms with Crippen LogP contribution in [0.2, 0.25) is 0 Å². The molecule has 0 amide bonds. The van der Waals surface area contributed by atoms with E-state index in [1.807, 2.05) is 7.05 Å². The Labute approximate surface area is 152 Å². The molecule has 2 atom stereocenters. The average molecular weight is 424 g/mol. The number of rotatable bonds is 6. The number of likely N-dealkylation sites (tertiary alicyclic amines) is 1.